The van der Waals surface area contributed by atoms with Gasteiger partial charge in [0.05, 0.1) is 12.4 Å². The SMILES string of the molecule is CCOC(=O)CSc1cc(N)nc(CC)n1. The lowest BCUT2D eigenvalue weighted by atomic mass is 10.4. The van der Waals surface area contributed by atoms with Crippen molar-refractivity contribution in [3.63, 3.8) is 0 Å². The Morgan fingerprint density at radius 2 is 2.25 bits per heavy atom. The van der Waals surface area contributed by atoms with Gasteiger partial charge in [-0.25, -0.2) is 9.97 Å². The van der Waals surface area contributed by atoms with E-state index in [1.165, 1.54) is 11.8 Å². The molecule has 0 aliphatic heterocycles. The minimum absolute atomic E-state index is 0.243. The molecule has 0 saturated carbocycles. The highest BCUT2D eigenvalue weighted by Gasteiger charge is 2.06. The van der Waals surface area contributed by atoms with Crippen molar-refractivity contribution in [3.8, 4) is 0 Å². The summed E-state index contributed by atoms with van der Waals surface area (Å²) in [5, 5.41) is 0.706. The first-order valence-corrected chi connectivity index (χ1v) is 6.06. The van der Waals surface area contributed by atoms with Crippen LogP contribution < -0.4 is 5.73 Å². The van der Waals surface area contributed by atoms with Crippen molar-refractivity contribution < 1.29 is 9.53 Å². The molecular weight excluding hydrogens is 226 g/mol. The van der Waals surface area contributed by atoms with Crippen molar-refractivity contribution in [2.45, 2.75) is 25.3 Å². The molecule has 1 aromatic heterocycles. The minimum atomic E-state index is -0.247. The molecule has 0 aromatic carbocycles. The number of anilines is 1. The topological polar surface area (TPSA) is 78.1 Å². The first-order chi connectivity index (χ1) is 7.65. The molecule has 0 fully saturated rings. The number of nitrogen functional groups attached to an aromatic ring is 1. The number of aromatic nitrogens is 2. The zero-order valence-electron chi connectivity index (χ0n) is 9.40. The van der Waals surface area contributed by atoms with Crippen molar-refractivity contribution in [2.75, 3.05) is 18.1 Å². The van der Waals surface area contributed by atoms with Crippen LogP contribution in [0, 0.1) is 0 Å². The molecule has 0 spiro atoms. The maximum Gasteiger partial charge on any atom is 0.316 e. The molecule has 1 aromatic rings. The fourth-order valence-corrected chi connectivity index (χ4v) is 1.78. The molecule has 0 aliphatic rings. The van der Waals surface area contributed by atoms with Crippen LogP contribution in [0.4, 0.5) is 5.82 Å². The van der Waals surface area contributed by atoms with Crippen molar-refractivity contribution in [1.82, 2.24) is 9.97 Å². The standard InChI is InChI=1S/C10H15N3O2S/c1-3-8-12-7(11)5-9(13-8)16-6-10(14)15-4-2/h5H,3-4,6H2,1-2H3,(H2,11,12,13). The molecule has 1 rings (SSSR count). The van der Waals surface area contributed by atoms with Crippen molar-refractivity contribution in [2.24, 2.45) is 0 Å². The van der Waals surface area contributed by atoms with Gasteiger partial charge in [-0.05, 0) is 6.92 Å². The Bertz CT molecular complexity index is 371. The molecule has 0 saturated heterocycles. The summed E-state index contributed by atoms with van der Waals surface area (Å²) in [4.78, 5) is 19.4. The number of ether oxygens (including phenoxy) is 1. The second kappa shape index (κ2) is 6.32. The average Bonchev–Trinajstić information content (AvgIpc) is 2.26. The van der Waals surface area contributed by atoms with Crippen molar-refractivity contribution in [3.05, 3.63) is 11.9 Å². The normalized spacial score (nSPS) is 10.1. The van der Waals surface area contributed by atoms with E-state index in [1.807, 2.05) is 6.92 Å². The van der Waals surface area contributed by atoms with E-state index in [0.717, 1.165) is 6.42 Å². The maximum absolute atomic E-state index is 11.1. The first kappa shape index (κ1) is 12.8. The van der Waals surface area contributed by atoms with Crippen LogP contribution in [0.2, 0.25) is 0 Å². The van der Waals surface area contributed by atoms with Crippen LogP contribution in [0.25, 0.3) is 0 Å². The number of thioether (sulfide) groups is 1. The third-order valence-electron chi connectivity index (χ3n) is 1.73. The second-order valence-corrected chi connectivity index (χ2v) is 3.99. The molecule has 0 atom stereocenters. The zero-order chi connectivity index (χ0) is 12.0. The molecule has 2 N–H and O–H groups in total. The average molecular weight is 241 g/mol. The molecule has 0 aliphatic carbocycles. The summed E-state index contributed by atoms with van der Waals surface area (Å²) < 4.78 is 4.82. The fourth-order valence-electron chi connectivity index (χ4n) is 1.06. The van der Waals surface area contributed by atoms with Gasteiger partial charge in [-0.3, -0.25) is 4.79 Å². The van der Waals surface area contributed by atoms with Crippen LogP contribution in [0.3, 0.4) is 0 Å². The number of hydrogen-bond donors (Lipinski definition) is 1. The van der Waals surface area contributed by atoms with Crippen LogP contribution in [0.5, 0.6) is 0 Å². The largest absolute Gasteiger partial charge is 0.465 e. The maximum atomic E-state index is 11.1. The third kappa shape index (κ3) is 4.06. The second-order valence-electron chi connectivity index (χ2n) is 2.99. The lowest BCUT2D eigenvalue weighted by Crippen LogP contribution is -2.07. The number of aryl methyl sites for hydroxylation is 1. The van der Waals surface area contributed by atoms with E-state index in [4.69, 9.17) is 10.5 Å². The van der Waals surface area contributed by atoms with Crippen LogP contribution in [-0.4, -0.2) is 28.3 Å². The quantitative estimate of drug-likeness (QED) is 0.475. The van der Waals surface area contributed by atoms with E-state index >= 15 is 0 Å². The van der Waals surface area contributed by atoms with Gasteiger partial charge in [-0.1, -0.05) is 18.7 Å². The van der Waals surface area contributed by atoms with Gasteiger partial charge in [0.25, 0.3) is 0 Å². The van der Waals surface area contributed by atoms with Gasteiger partial charge in [0.1, 0.15) is 16.7 Å². The Morgan fingerprint density at radius 1 is 1.50 bits per heavy atom. The summed E-state index contributed by atoms with van der Waals surface area (Å²) in [5.41, 5.74) is 5.62. The molecule has 0 bridgehead atoms. The Morgan fingerprint density at radius 3 is 2.88 bits per heavy atom. The van der Waals surface area contributed by atoms with E-state index in [0.29, 0.717) is 23.3 Å². The highest BCUT2D eigenvalue weighted by Crippen LogP contribution is 2.17. The summed E-state index contributed by atoms with van der Waals surface area (Å²) in [6.45, 7) is 4.13. The van der Waals surface area contributed by atoms with Crippen LogP contribution >= 0.6 is 11.8 Å². The number of nitrogens with two attached hydrogens (primary N) is 1. The smallest absolute Gasteiger partial charge is 0.316 e. The molecule has 6 heteroatoms. The zero-order valence-corrected chi connectivity index (χ0v) is 10.2. The summed E-state index contributed by atoms with van der Waals surface area (Å²) in [7, 11) is 0. The highest BCUT2D eigenvalue weighted by atomic mass is 32.2. The summed E-state index contributed by atoms with van der Waals surface area (Å²) in [6, 6.07) is 1.66. The molecule has 5 nitrogen and oxygen atoms in total. The first-order valence-electron chi connectivity index (χ1n) is 5.07. The van der Waals surface area contributed by atoms with Crippen LogP contribution in [0.1, 0.15) is 19.7 Å². The molecule has 88 valence electrons. The summed E-state index contributed by atoms with van der Waals surface area (Å²) >= 11 is 1.31. The fraction of sp³-hybridized carbons (Fsp3) is 0.500. The lowest BCUT2D eigenvalue weighted by molar-refractivity contribution is -0.139. The van der Waals surface area contributed by atoms with Crippen molar-refractivity contribution >= 4 is 23.5 Å². The number of rotatable bonds is 5. The molecule has 16 heavy (non-hydrogen) atoms. The van der Waals surface area contributed by atoms with Gasteiger partial charge >= 0.3 is 5.97 Å². The number of esters is 1. The van der Waals surface area contributed by atoms with Crippen LogP contribution in [0.15, 0.2) is 11.1 Å². The Labute approximate surface area is 98.8 Å². The van der Waals surface area contributed by atoms with Gasteiger partial charge < -0.3 is 10.5 Å². The van der Waals surface area contributed by atoms with Gasteiger partial charge in [0.2, 0.25) is 0 Å². The monoisotopic (exact) mass is 241 g/mol. The van der Waals surface area contributed by atoms with Gasteiger partial charge in [-0.15, -0.1) is 0 Å². The Balaban J connectivity index is 2.59. The molecule has 1 heterocycles. The number of nitrogens with zero attached hydrogens (tertiary/aromatic N) is 2. The third-order valence-corrected chi connectivity index (χ3v) is 2.61. The molecule has 0 amide bonds. The van der Waals surface area contributed by atoms with Gasteiger partial charge in [0.15, 0.2) is 0 Å². The number of carbonyl (C=O) groups excluding carboxylic acids is 1. The van der Waals surface area contributed by atoms with Gasteiger partial charge in [-0.2, -0.15) is 0 Å². The lowest BCUT2D eigenvalue weighted by Gasteiger charge is -2.04. The minimum Gasteiger partial charge on any atom is -0.465 e. The van der Waals surface area contributed by atoms with E-state index in [9.17, 15) is 4.79 Å². The van der Waals surface area contributed by atoms with E-state index in [1.54, 1.807) is 13.0 Å². The van der Waals surface area contributed by atoms with E-state index in [2.05, 4.69) is 9.97 Å². The summed E-state index contributed by atoms with van der Waals surface area (Å²) in [5.74, 6) is 1.11. The Kier molecular flexibility index (Phi) is 5.04. The highest BCUT2D eigenvalue weighted by molar-refractivity contribution is 7.99. The predicted octanol–water partition coefficient (Wildman–Crippen LogP) is 1.28. The molecular formula is C10H15N3O2S. The number of carbonyl (C=O) groups is 1. The molecule has 0 radical (unpaired) electrons. The van der Waals surface area contributed by atoms with Gasteiger partial charge in [0, 0.05) is 12.5 Å². The van der Waals surface area contributed by atoms with E-state index < -0.39 is 0 Å². The van der Waals surface area contributed by atoms with E-state index in [-0.39, 0.29) is 11.7 Å². The Hall–Kier alpha value is -1.30. The predicted molar refractivity (Wildman–Crippen MR) is 63.2 cm³/mol. The van der Waals surface area contributed by atoms with Crippen LogP contribution in [-0.2, 0) is 16.0 Å². The number of hydrogen-bond acceptors (Lipinski definition) is 6. The summed E-state index contributed by atoms with van der Waals surface area (Å²) in [6.07, 6.45) is 0.720. The molecule has 0 unspecified atom stereocenters. The van der Waals surface area contributed by atoms with Crippen molar-refractivity contribution in [1.29, 1.82) is 0 Å².